The Morgan fingerprint density at radius 1 is 1.24 bits per heavy atom. The first-order valence-corrected chi connectivity index (χ1v) is 11.2. The van der Waals surface area contributed by atoms with Crippen molar-refractivity contribution >= 4 is 41.4 Å². The van der Waals surface area contributed by atoms with Crippen molar-refractivity contribution in [3.05, 3.63) is 44.0 Å². The third kappa shape index (κ3) is 7.69. The number of halogens is 4. The summed E-state index contributed by atoms with van der Waals surface area (Å²) in [5, 5.41) is 9.31. The topological polar surface area (TPSA) is 114 Å². The van der Waals surface area contributed by atoms with E-state index in [1.54, 1.807) is 0 Å². The molecular formula is C20H21ClF3NO8S. The fourth-order valence-corrected chi connectivity index (χ4v) is 3.84. The molecule has 0 aliphatic carbocycles. The summed E-state index contributed by atoms with van der Waals surface area (Å²) in [4.78, 5) is 38.0. The maximum atomic E-state index is 13.6. The molecule has 1 aliphatic rings. The van der Waals surface area contributed by atoms with Crippen molar-refractivity contribution in [1.29, 1.82) is 0 Å². The monoisotopic (exact) mass is 527 g/mol. The Hall–Kier alpha value is -2.67. The second-order valence-corrected chi connectivity index (χ2v) is 9.45. The fourth-order valence-electron chi connectivity index (χ4n) is 2.80. The molecule has 0 N–H and O–H groups in total. The number of carbonyl (C=O) groups excluding carboxylic acids is 2. The van der Waals surface area contributed by atoms with Crippen molar-refractivity contribution < 1.29 is 46.9 Å². The molecule has 9 nitrogen and oxygen atoms in total. The fraction of sp³-hybridized carbons (Fsp3) is 0.500. The minimum atomic E-state index is -4.93. The van der Waals surface area contributed by atoms with Crippen LogP contribution >= 0.6 is 23.4 Å². The SMILES string of the molecule is CC(C)(C)c1cc2c(cc1Cl)C=C(C(=O)OCOC(=O)CSCCO[N+](=O)[O-])C(C(F)(F)F)O2. The van der Waals surface area contributed by atoms with Gasteiger partial charge < -0.3 is 19.0 Å². The zero-order valence-electron chi connectivity index (χ0n) is 18.3. The maximum Gasteiger partial charge on any atom is 0.430 e. The number of fused-ring (bicyclic) bond motifs is 1. The highest BCUT2D eigenvalue weighted by atomic mass is 35.5. The number of hydrogen-bond acceptors (Lipinski definition) is 9. The Morgan fingerprint density at radius 3 is 2.50 bits per heavy atom. The van der Waals surface area contributed by atoms with Crippen LogP contribution in [0.4, 0.5) is 13.2 Å². The second kappa shape index (κ2) is 11.2. The molecule has 34 heavy (non-hydrogen) atoms. The van der Waals surface area contributed by atoms with Crippen LogP contribution in [0, 0.1) is 10.1 Å². The van der Waals surface area contributed by atoms with Crippen LogP contribution in [0.5, 0.6) is 5.75 Å². The van der Waals surface area contributed by atoms with Crippen LogP contribution in [-0.2, 0) is 29.3 Å². The predicted molar refractivity (Wildman–Crippen MR) is 116 cm³/mol. The highest BCUT2D eigenvalue weighted by molar-refractivity contribution is 7.99. The van der Waals surface area contributed by atoms with Gasteiger partial charge in [0.1, 0.15) is 12.4 Å². The van der Waals surface area contributed by atoms with Crippen LogP contribution in [0.2, 0.25) is 5.02 Å². The van der Waals surface area contributed by atoms with Crippen LogP contribution in [-0.4, -0.2) is 54.2 Å². The van der Waals surface area contributed by atoms with E-state index in [2.05, 4.69) is 14.3 Å². The number of rotatable bonds is 9. The third-order valence-electron chi connectivity index (χ3n) is 4.33. The summed E-state index contributed by atoms with van der Waals surface area (Å²) in [5.74, 6) is -2.43. The lowest BCUT2D eigenvalue weighted by atomic mass is 9.85. The van der Waals surface area contributed by atoms with Crippen LogP contribution in [0.1, 0.15) is 31.9 Å². The van der Waals surface area contributed by atoms with E-state index in [0.29, 0.717) is 10.6 Å². The molecule has 0 radical (unpaired) electrons. The highest BCUT2D eigenvalue weighted by Gasteiger charge is 2.49. The molecule has 1 aromatic carbocycles. The summed E-state index contributed by atoms with van der Waals surface area (Å²) in [6.07, 6.45) is -6.54. The van der Waals surface area contributed by atoms with Gasteiger partial charge in [-0.2, -0.15) is 13.2 Å². The standard InChI is InChI=1S/C20H21ClF3NO8S/c1-19(2,3)13-8-15-11(7-14(13)21)6-12(17(33-15)20(22,23)24)18(27)31-10-30-16(26)9-34-5-4-32-25(28)29/h6-8,17H,4-5,9-10H2,1-3H3. The molecule has 14 heteroatoms. The smallest absolute Gasteiger partial charge is 0.430 e. The van der Waals surface area contributed by atoms with E-state index in [-0.39, 0.29) is 29.4 Å². The molecule has 1 aliphatic heterocycles. The molecule has 2 rings (SSSR count). The van der Waals surface area contributed by atoms with Crippen molar-refractivity contribution in [2.75, 3.05) is 24.9 Å². The Kier molecular flexibility index (Phi) is 9.06. The average molecular weight is 528 g/mol. The van der Waals surface area contributed by atoms with E-state index in [0.717, 1.165) is 17.8 Å². The minimum absolute atomic E-state index is 0.0855. The number of ether oxygens (including phenoxy) is 3. The van der Waals surface area contributed by atoms with Crippen molar-refractivity contribution in [2.24, 2.45) is 0 Å². The molecule has 0 fully saturated rings. The molecule has 1 aromatic rings. The van der Waals surface area contributed by atoms with Crippen molar-refractivity contribution in [2.45, 2.75) is 38.5 Å². The average Bonchev–Trinajstić information content (AvgIpc) is 2.70. The largest absolute Gasteiger partial charge is 0.475 e. The van der Waals surface area contributed by atoms with Gasteiger partial charge >= 0.3 is 18.1 Å². The van der Waals surface area contributed by atoms with Gasteiger partial charge in [0.25, 0.3) is 5.09 Å². The Bertz CT molecular complexity index is 978. The number of alkyl halides is 3. The third-order valence-corrected chi connectivity index (χ3v) is 5.54. The molecule has 0 saturated carbocycles. The quantitative estimate of drug-likeness (QED) is 0.152. The van der Waals surface area contributed by atoms with Gasteiger partial charge in [-0.3, -0.25) is 4.79 Å². The second-order valence-electron chi connectivity index (χ2n) is 7.93. The van der Waals surface area contributed by atoms with E-state index >= 15 is 0 Å². The number of hydrogen-bond donors (Lipinski definition) is 0. The van der Waals surface area contributed by atoms with E-state index in [1.165, 1.54) is 12.1 Å². The molecular weight excluding hydrogens is 507 g/mol. The van der Waals surface area contributed by atoms with Crippen LogP contribution in [0.25, 0.3) is 6.08 Å². The lowest BCUT2D eigenvalue weighted by molar-refractivity contribution is -0.756. The number of thioether (sulfide) groups is 1. The van der Waals surface area contributed by atoms with E-state index < -0.39 is 47.1 Å². The summed E-state index contributed by atoms with van der Waals surface area (Å²) in [5.41, 5.74) is -0.561. The summed E-state index contributed by atoms with van der Waals surface area (Å²) < 4.78 is 55.3. The van der Waals surface area contributed by atoms with Gasteiger partial charge in [0.05, 0.1) is 11.3 Å². The van der Waals surface area contributed by atoms with Gasteiger partial charge in [-0.05, 0) is 29.2 Å². The summed E-state index contributed by atoms with van der Waals surface area (Å²) in [6, 6.07) is 2.81. The van der Waals surface area contributed by atoms with Gasteiger partial charge in [-0.25, -0.2) is 4.79 Å². The molecule has 0 bridgehead atoms. The molecule has 188 valence electrons. The Labute approximate surface area is 201 Å². The van der Waals surface area contributed by atoms with Gasteiger partial charge in [0.15, 0.2) is 0 Å². The zero-order valence-corrected chi connectivity index (χ0v) is 19.8. The minimum Gasteiger partial charge on any atom is -0.475 e. The van der Waals surface area contributed by atoms with Crippen LogP contribution in [0.15, 0.2) is 17.7 Å². The maximum absolute atomic E-state index is 13.6. The van der Waals surface area contributed by atoms with E-state index in [4.69, 9.17) is 16.3 Å². The molecule has 1 heterocycles. The van der Waals surface area contributed by atoms with Gasteiger partial charge in [0, 0.05) is 16.3 Å². The summed E-state index contributed by atoms with van der Waals surface area (Å²) in [7, 11) is 0. The van der Waals surface area contributed by atoms with E-state index in [9.17, 15) is 32.9 Å². The van der Waals surface area contributed by atoms with Crippen molar-refractivity contribution in [3.63, 3.8) is 0 Å². The molecule has 1 atom stereocenters. The Morgan fingerprint density at radius 2 is 1.91 bits per heavy atom. The summed E-state index contributed by atoms with van der Waals surface area (Å²) in [6.45, 7) is 4.34. The summed E-state index contributed by atoms with van der Waals surface area (Å²) >= 11 is 7.22. The molecule has 0 aromatic heterocycles. The predicted octanol–water partition coefficient (Wildman–Crippen LogP) is 4.33. The first kappa shape index (κ1) is 27.6. The Balaban J connectivity index is 2.06. The lowest BCUT2D eigenvalue weighted by Crippen LogP contribution is -2.41. The highest BCUT2D eigenvalue weighted by Crippen LogP contribution is 2.42. The molecule has 0 spiro atoms. The number of nitrogens with zero attached hydrogens (tertiary/aromatic N) is 1. The number of benzene rings is 1. The molecule has 0 saturated heterocycles. The van der Waals surface area contributed by atoms with Crippen LogP contribution in [0.3, 0.4) is 0 Å². The molecule has 1 unspecified atom stereocenters. The molecule has 0 amide bonds. The van der Waals surface area contributed by atoms with E-state index in [1.807, 2.05) is 20.8 Å². The van der Waals surface area contributed by atoms with Gasteiger partial charge in [-0.15, -0.1) is 21.9 Å². The van der Waals surface area contributed by atoms with Crippen molar-refractivity contribution in [1.82, 2.24) is 0 Å². The number of carbonyl (C=O) groups is 2. The van der Waals surface area contributed by atoms with Gasteiger partial charge in [-0.1, -0.05) is 32.4 Å². The first-order valence-electron chi connectivity index (χ1n) is 9.67. The van der Waals surface area contributed by atoms with Crippen molar-refractivity contribution in [3.8, 4) is 5.75 Å². The van der Waals surface area contributed by atoms with Crippen LogP contribution < -0.4 is 4.74 Å². The number of esters is 2. The normalized spacial score (nSPS) is 15.5. The lowest BCUT2D eigenvalue weighted by Gasteiger charge is -2.30. The van der Waals surface area contributed by atoms with Gasteiger partial charge in [0.2, 0.25) is 12.9 Å². The zero-order chi connectivity index (χ0) is 25.7. The first-order chi connectivity index (χ1) is 15.7.